The van der Waals surface area contributed by atoms with E-state index in [0.29, 0.717) is 13.0 Å². The molecule has 2 N–H and O–H groups in total. The molecule has 4 heteroatoms. The highest BCUT2D eigenvalue weighted by atomic mass is 16.5. The summed E-state index contributed by atoms with van der Waals surface area (Å²) in [5.41, 5.74) is 2.12. The maximum Gasteiger partial charge on any atom is 0.127 e. The molecule has 0 spiro atoms. The summed E-state index contributed by atoms with van der Waals surface area (Å²) in [6, 6.07) is 20.6. The minimum Gasteiger partial charge on any atom is -0.491 e. The van der Waals surface area contributed by atoms with Gasteiger partial charge in [0.15, 0.2) is 0 Å². The normalized spacial score (nSPS) is 15.8. The molecule has 3 aromatic carbocycles. The number of hydrogen-bond donors (Lipinski definition) is 2. The molecule has 1 unspecified atom stereocenters. The van der Waals surface area contributed by atoms with Gasteiger partial charge in [-0.2, -0.15) is 0 Å². The number of ether oxygens (including phenoxy) is 2. The third-order valence-corrected chi connectivity index (χ3v) is 5.26. The van der Waals surface area contributed by atoms with Gasteiger partial charge in [-0.05, 0) is 40.1 Å². The smallest absolute Gasteiger partial charge is 0.127 e. The summed E-state index contributed by atoms with van der Waals surface area (Å²) in [5.74, 6) is 0.750. The molecule has 0 fully saturated rings. The Labute approximate surface area is 170 Å². The van der Waals surface area contributed by atoms with Crippen LogP contribution >= 0.6 is 0 Å². The van der Waals surface area contributed by atoms with E-state index in [0.717, 1.165) is 39.3 Å². The van der Waals surface area contributed by atoms with Gasteiger partial charge < -0.3 is 19.7 Å². The highest BCUT2D eigenvalue weighted by molar-refractivity contribution is 5.97. The average molecular weight is 390 g/mol. The molecule has 1 aliphatic carbocycles. The van der Waals surface area contributed by atoms with Gasteiger partial charge in [-0.25, -0.2) is 0 Å². The predicted molar refractivity (Wildman–Crippen MR) is 115 cm³/mol. The molecule has 4 rings (SSSR count). The minimum atomic E-state index is -0.126. The zero-order valence-corrected chi connectivity index (χ0v) is 16.4. The van der Waals surface area contributed by atoms with Crippen molar-refractivity contribution in [1.29, 1.82) is 0 Å². The fraction of sp³-hybridized carbons (Fsp3) is 0.280. The molecule has 0 amide bonds. The molecule has 0 aromatic heterocycles. The summed E-state index contributed by atoms with van der Waals surface area (Å²) in [6.45, 7) is 0.810. The molecular weight excluding hydrogens is 364 g/mol. The van der Waals surface area contributed by atoms with E-state index in [2.05, 4.69) is 36.4 Å². The SMILES string of the molecule is OCCCOC1CC=c2ccccc2=C1c1c(OCCO)ccc2ccccc12. The Morgan fingerprint density at radius 3 is 2.55 bits per heavy atom. The number of aliphatic hydroxyl groups excluding tert-OH is 2. The van der Waals surface area contributed by atoms with Crippen molar-refractivity contribution >= 4 is 22.4 Å². The van der Waals surface area contributed by atoms with E-state index < -0.39 is 0 Å². The summed E-state index contributed by atoms with van der Waals surface area (Å²) >= 11 is 0. The molecule has 0 bridgehead atoms. The monoisotopic (exact) mass is 390 g/mol. The third kappa shape index (κ3) is 4.06. The van der Waals surface area contributed by atoms with Crippen molar-refractivity contribution in [2.24, 2.45) is 0 Å². The van der Waals surface area contributed by atoms with E-state index in [1.165, 1.54) is 5.22 Å². The second-order valence-electron chi connectivity index (χ2n) is 7.11. The second kappa shape index (κ2) is 9.23. The van der Waals surface area contributed by atoms with Crippen molar-refractivity contribution in [1.82, 2.24) is 0 Å². The van der Waals surface area contributed by atoms with Crippen LogP contribution in [0.4, 0.5) is 0 Å². The van der Waals surface area contributed by atoms with Crippen molar-refractivity contribution < 1.29 is 19.7 Å². The van der Waals surface area contributed by atoms with Crippen LogP contribution < -0.4 is 15.2 Å². The minimum absolute atomic E-state index is 0.0393. The van der Waals surface area contributed by atoms with Crippen LogP contribution in [-0.2, 0) is 4.74 Å². The Hall–Kier alpha value is -2.66. The summed E-state index contributed by atoms with van der Waals surface area (Å²) < 4.78 is 12.2. The molecule has 0 saturated carbocycles. The van der Waals surface area contributed by atoms with Gasteiger partial charge in [0.1, 0.15) is 12.4 Å². The van der Waals surface area contributed by atoms with Gasteiger partial charge in [-0.1, -0.05) is 60.7 Å². The number of benzene rings is 3. The van der Waals surface area contributed by atoms with E-state index in [1.807, 2.05) is 30.3 Å². The molecule has 1 aliphatic rings. The van der Waals surface area contributed by atoms with Crippen molar-refractivity contribution in [2.45, 2.75) is 18.9 Å². The Bertz CT molecular complexity index is 1100. The van der Waals surface area contributed by atoms with Crippen LogP contribution in [0.1, 0.15) is 18.4 Å². The molecule has 3 aromatic rings. The van der Waals surface area contributed by atoms with Crippen molar-refractivity contribution in [3.8, 4) is 5.75 Å². The van der Waals surface area contributed by atoms with Gasteiger partial charge in [0.2, 0.25) is 0 Å². The summed E-state index contributed by atoms with van der Waals surface area (Å²) in [4.78, 5) is 0. The van der Waals surface area contributed by atoms with Crippen LogP contribution in [0.5, 0.6) is 5.75 Å². The molecule has 0 heterocycles. The number of fused-ring (bicyclic) bond motifs is 2. The van der Waals surface area contributed by atoms with E-state index in [4.69, 9.17) is 9.47 Å². The zero-order valence-electron chi connectivity index (χ0n) is 16.4. The highest BCUT2D eigenvalue weighted by Crippen LogP contribution is 2.36. The van der Waals surface area contributed by atoms with Gasteiger partial charge >= 0.3 is 0 Å². The lowest BCUT2D eigenvalue weighted by Gasteiger charge is -2.26. The molecule has 150 valence electrons. The van der Waals surface area contributed by atoms with Crippen LogP contribution in [-0.4, -0.2) is 42.7 Å². The fourth-order valence-electron chi connectivity index (χ4n) is 3.99. The summed E-state index contributed by atoms with van der Waals surface area (Å²) in [7, 11) is 0. The van der Waals surface area contributed by atoms with Crippen LogP contribution in [0.3, 0.4) is 0 Å². The molecule has 29 heavy (non-hydrogen) atoms. The Balaban J connectivity index is 1.98. The van der Waals surface area contributed by atoms with Gasteiger partial charge in [0, 0.05) is 24.4 Å². The maximum absolute atomic E-state index is 9.31. The first-order chi connectivity index (χ1) is 14.3. The lowest BCUT2D eigenvalue weighted by atomic mass is 9.87. The molecule has 0 radical (unpaired) electrons. The van der Waals surface area contributed by atoms with Gasteiger partial charge in [0.25, 0.3) is 0 Å². The lowest BCUT2D eigenvalue weighted by Crippen LogP contribution is -2.36. The Morgan fingerprint density at radius 1 is 0.862 bits per heavy atom. The molecule has 4 nitrogen and oxygen atoms in total. The van der Waals surface area contributed by atoms with E-state index in [9.17, 15) is 10.2 Å². The first-order valence-electron chi connectivity index (χ1n) is 10.1. The first kappa shape index (κ1) is 19.6. The quantitative estimate of drug-likeness (QED) is 0.580. The third-order valence-electron chi connectivity index (χ3n) is 5.26. The highest BCUT2D eigenvalue weighted by Gasteiger charge is 2.24. The average Bonchev–Trinajstić information content (AvgIpc) is 2.77. The van der Waals surface area contributed by atoms with Crippen LogP contribution in [0, 0.1) is 0 Å². The Morgan fingerprint density at radius 2 is 1.69 bits per heavy atom. The maximum atomic E-state index is 9.31. The molecule has 0 saturated heterocycles. The Kier molecular flexibility index (Phi) is 6.25. The van der Waals surface area contributed by atoms with E-state index >= 15 is 0 Å². The molecular formula is C25H26O4. The number of rotatable bonds is 8. The van der Waals surface area contributed by atoms with Gasteiger partial charge in [-0.3, -0.25) is 0 Å². The topological polar surface area (TPSA) is 58.9 Å². The zero-order chi connectivity index (χ0) is 20.1. The first-order valence-corrected chi connectivity index (χ1v) is 10.1. The number of aliphatic hydroxyl groups is 2. The standard InChI is InChI=1S/C25H26O4/c26-14-5-16-28-22-12-10-18-6-1-3-8-20(18)24(22)25-21-9-4-2-7-19(21)11-13-23(25)29-17-15-27/h1-4,6-11,13,22,26-27H,5,12,14-17H2. The van der Waals surface area contributed by atoms with E-state index in [-0.39, 0.29) is 25.9 Å². The van der Waals surface area contributed by atoms with Crippen LogP contribution in [0.2, 0.25) is 0 Å². The molecule has 0 aliphatic heterocycles. The van der Waals surface area contributed by atoms with Crippen molar-refractivity contribution in [2.75, 3.05) is 26.4 Å². The fourth-order valence-corrected chi connectivity index (χ4v) is 3.99. The number of hydrogen-bond acceptors (Lipinski definition) is 4. The predicted octanol–water partition coefficient (Wildman–Crippen LogP) is 2.36. The van der Waals surface area contributed by atoms with Crippen molar-refractivity contribution in [3.63, 3.8) is 0 Å². The largest absolute Gasteiger partial charge is 0.491 e. The summed E-state index contributed by atoms with van der Waals surface area (Å²) in [6.07, 6.45) is 3.45. The van der Waals surface area contributed by atoms with Crippen molar-refractivity contribution in [3.05, 3.63) is 76.7 Å². The van der Waals surface area contributed by atoms with Crippen LogP contribution in [0.25, 0.3) is 22.4 Å². The lowest BCUT2D eigenvalue weighted by molar-refractivity contribution is 0.0815. The second-order valence-corrected chi connectivity index (χ2v) is 7.11. The van der Waals surface area contributed by atoms with Gasteiger partial charge in [-0.15, -0.1) is 0 Å². The van der Waals surface area contributed by atoms with Gasteiger partial charge in [0.05, 0.1) is 12.7 Å². The summed E-state index contributed by atoms with van der Waals surface area (Å²) in [5, 5.41) is 23.0. The molecule has 1 atom stereocenters. The van der Waals surface area contributed by atoms with Crippen LogP contribution in [0.15, 0.2) is 60.7 Å². The van der Waals surface area contributed by atoms with E-state index in [1.54, 1.807) is 0 Å².